The molecule has 0 saturated heterocycles. The molecule has 0 heterocycles. The molecule has 1 fully saturated rings. The van der Waals surface area contributed by atoms with Crippen LogP contribution in [0.3, 0.4) is 0 Å². The summed E-state index contributed by atoms with van der Waals surface area (Å²) in [6, 6.07) is 7.74. The van der Waals surface area contributed by atoms with Crippen molar-refractivity contribution >= 4 is 0 Å². The van der Waals surface area contributed by atoms with Crippen LogP contribution in [0.15, 0.2) is 24.3 Å². The smallest absolute Gasteiger partial charge is 0.115 e. The Balaban J connectivity index is 2.04. The van der Waals surface area contributed by atoms with Gasteiger partial charge in [-0.3, -0.25) is 0 Å². The second kappa shape index (κ2) is 5.12. The van der Waals surface area contributed by atoms with Crippen LogP contribution >= 0.6 is 0 Å². The highest BCUT2D eigenvalue weighted by Gasteiger charge is 2.26. The molecule has 17 heavy (non-hydrogen) atoms. The molecule has 0 unspecified atom stereocenters. The third-order valence-corrected chi connectivity index (χ3v) is 4.17. The molecule has 1 aliphatic carbocycles. The average molecular weight is 232 g/mol. The van der Waals surface area contributed by atoms with E-state index in [2.05, 4.69) is 26.0 Å². The largest absolute Gasteiger partial charge is 0.508 e. The van der Waals surface area contributed by atoms with Gasteiger partial charge in [-0.1, -0.05) is 58.1 Å². The van der Waals surface area contributed by atoms with E-state index in [1.165, 1.54) is 44.1 Å². The highest BCUT2D eigenvalue weighted by Crippen LogP contribution is 2.37. The van der Waals surface area contributed by atoms with E-state index in [9.17, 15) is 5.11 Å². The van der Waals surface area contributed by atoms with Crippen LogP contribution in [-0.2, 0) is 5.41 Å². The van der Waals surface area contributed by atoms with Crippen LogP contribution in [0.5, 0.6) is 5.75 Å². The minimum absolute atomic E-state index is 0.232. The molecule has 94 valence electrons. The molecule has 0 aromatic heterocycles. The van der Waals surface area contributed by atoms with Crippen LogP contribution in [0.4, 0.5) is 0 Å². The van der Waals surface area contributed by atoms with Crippen molar-refractivity contribution in [3.63, 3.8) is 0 Å². The molecule has 1 saturated carbocycles. The van der Waals surface area contributed by atoms with E-state index in [-0.39, 0.29) is 5.41 Å². The molecule has 1 aromatic rings. The van der Waals surface area contributed by atoms with Crippen molar-refractivity contribution in [3.05, 3.63) is 29.8 Å². The van der Waals surface area contributed by atoms with Crippen molar-refractivity contribution < 1.29 is 5.11 Å². The summed E-state index contributed by atoms with van der Waals surface area (Å²) in [5.41, 5.74) is 1.58. The third-order valence-electron chi connectivity index (χ3n) is 4.17. The van der Waals surface area contributed by atoms with Crippen molar-refractivity contribution in [2.75, 3.05) is 0 Å². The molecule has 2 rings (SSSR count). The van der Waals surface area contributed by atoms with Gasteiger partial charge >= 0.3 is 0 Å². The number of benzene rings is 1. The highest BCUT2D eigenvalue weighted by atomic mass is 16.3. The lowest BCUT2D eigenvalue weighted by Crippen LogP contribution is -2.23. The quantitative estimate of drug-likeness (QED) is 0.805. The van der Waals surface area contributed by atoms with Gasteiger partial charge in [-0.25, -0.2) is 0 Å². The lowest BCUT2D eigenvalue weighted by molar-refractivity contribution is 0.280. The van der Waals surface area contributed by atoms with Gasteiger partial charge in [-0.2, -0.15) is 0 Å². The Morgan fingerprint density at radius 2 is 1.65 bits per heavy atom. The number of hydrogen-bond donors (Lipinski definition) is 1. The van der Waals surface area contributed by atoms with Gasteiger partial charge in [0.2, 0.25) is 0 Å². The minimum atomic E-state index is 0.232. The summed E-state index contributed by atoms with van der Waals surface area (Å²) >= 11 is 0. The van der Waals surface area contributed by atoms with Crippen LogP contribution < -0.4 is 0 Å². The molecule has 1 heteroatoms. The maximum absolute atomic E-state index is 9.34. The Bertz CT molecular complexity index is 344. The van der Waals surface area contributed by atoms with Gasteiger partial charge in [0.05, 0.1) is 0 Å². The van der Waals surface area contributed by atoms with Crippen LogP contribution in [0.1, 0.15) is 57.9 Å². The average Bonchev–Trinajstić information content (AvgIpc) is 2.30. The Morgan fingerprint density at radius 1 is 1.06 bits per heavy atom. The Hall–Kier alpha value is -0.980. The molecule has 1 aliphatic rings. The summed E-state index contributed by atoms with van der Waals surface area (Å²) in [4.78, 5) is 0. The van der Waals surface area contributed by atoms with Crippen LogP contribution in [0, 0.1) is 5.92 Å². The monoisotopic (exact) mass is 232 g/mol. The van der Waals surface area contributed by atoms with E-state index in [4.69, 9.17) is 0 Å². The zero-order valence-electron chi connectivity index (χ0n) is 11.1. The SMILES string of the molecule is CC(C)(CC1CCCCC1)c1ccc(O)cc1. The molecule has 1 aromatic carbocycles. The van der Waals surface area contributed by atoms with Gasteiger partial charge < -0.3 is 5.11 Å². The Morgan fingerprint density at radius 3 is 2.24 bits per heavy atom. The predicted octanol–water partition coefficient (Wildman–Crippen LogP) is 4.64. The van der Waals surface area contributed by atoms with Gasteiger partial charge in [0, 0.05) is 0 Å². The fourth-order valence-electron chi connectivity index (χ4n) is 3.14. The van der Waals surface area contributed by atoms with Crippen molar-refractivity contribution in [2.24, 2.45) is 5.92 Å². The number of aromatic hydroxyl groups is 1. The summed E-state index contributed by atoms with van der Waals surface area (Å²) in [6.07, 6.45) is 8.34. The lowest BCUT2D eigenvalue weighted by Gasteiger charge is -2.32. The topological polar surface area (TPSA) is 20.2 Å². The van der Waals surface area contributed by atoms with E-state index in [1.807, 2.05) is 0 Å². The van der Waals surface area contributed by atoms with Crippen molar-refractivity contribution in [2.45, 2.75) is 57.8 Å². The Labute approximate surface area is 105 Å². The van der Waals surface area contributed by atoms with Gasteiger partial charge in [0.15, 0.2) is 0 Å². The van der Waals surface area contributed by atoms with Crippen LogP contribution in [-0.4, -0.2) is 5.11 Å². The molecule has 1 N–H and O–H groups in total. The summed E-state index contributed by atoms with van der Waals surface area (Å²) in [5.74, 6) is 1.26. The fraction of sp³-hybridized carbons (Fsp3) is 0.625. The van der Waals surface area contributed by atoms with Crippen LogP contribution in [0.2, 0.25) is 0 Å². The molecule has 0 aliphatic heterocycles. The van der Waals surface area contributed by atoms with Crippen molar-refractivity contribution in [3.8, 4) is 5.75 Å². The number of phenols is 1. The standard InChI is InChI=1S/C16H24O/c1-16(2,12-13-6-4-3-5-7-13)14-8-10-15(17)11-9-14/h8-11,13,17H,3-7,12H2,1-2H3. The molecular formula is C16H24O. The van der Waals surface area contributed by atoms with Crippen molar-refractivity contribution in [1.29, 1.82) is 0 Å². The third kappa shape index (κ3) is 3.24. The van der Waals surface area contributed by atoms with E-state index in [0.717, 1.165) is 5.92 Å². The minimum Gasteiger partial charge on any atom is -0.508 e. The normalized spacial score (nSPS) is 18.2. The molecule has 0 amide bonds. The summed E-state index contributed by atoms with van der Waals surface area (Å²) in [6.45, 7) is 4.65. The van der Waals surface area contributed by atoms with Gasteiger partial charge in [-0.05, 0) is 35.4 Å². The second-order valence-corrected chi connectivity index (χ2v) is 6.14. The van der Waals surface area contributed by atoms with Crippen molar-refractivity contribution in [1.82, 2.24) is 0 Å². The molecule has 0 spiro atoms. The number of hydrogen-bond acceptors (Lipinski definition) is 1. The van der Waals surface area contributed by atoms with E-state index < -0.39 is 0 Å². The molecule has 1 nitrogen and oxygen atoms in total. The first-order chi connectivity index (χ1) is 8.08. The summed E-state index contributed by atoms with van der Waals surface area (Å²) < 4.78 is 0. The number of phenolic OH excluding ortho intramolecular Hbond substituents is 1. The number of rotatable bonds is 3. The van der Waals surface area contributed by atoms with E-state index in [0.29, 0.717) is 5.75 Å². The second-order valence-electron chi connectivity index (χ2n) is 6.14. The first-order valence-corrected chi connectivity index (χ1v) is 6.87. The fourth-order valence-corrected chi connectivity index (χ4v) is 3.14. The molecule has 0 atom stereocenters. The first-order valence-electron chi connectivity index (χ1n) is 6.87. The molecule has 0 radical (unpaired) electrons. The Kier molecular flexibility index (Phi) is 3.76. The van der Waals surface area contributed by atoms with Gasteiger partial charge in [-0.15, -0.1) is 0 Å². The summed E-state index contributed by atoms with van der Waals surface area (Å²) in [5, 5.41) is 9.34. The first kappa shape index (κ1) is 12.5. The van der Waals surface area contributed by atoms with E-state index in [1.54, 1.807) is 12.1 Å². The molecular weight excluding hydrogens is 208 g/mol. The van der Waals surface area contributed by atoms with Gasteiger partial charge in [0.25, 0.3) is 0 Å². The maximum atomic E-state index is 9.34. The zero-order chi connectivity index (χ0) is 12.3. The van der Waals surface area contributed by atoms with Gasteiger partial charge in [0.1, 0.15) is 5.75 Å². The van der Waals surface area contributed by atoms with E-state index >= 15 is 0 Å². The maximum Gasteiger partial charge on any atom is 0.115 e. The highest BCUT2D eigenvalue weighted by molar-refractivity contribution is 5.30. The molecule has 0 bridgehead atoms. The predicted molar refractivity (Wildman–Crippen MR) is 72.3 cm³/mol. The van der Waals surface area contributed by atoms with Crippen LogP contribution in [0.25, 0.3) is 0 Å². The summed E-state index contributed by atoms with van der Waals surface area (Å²) in [7, 11) is 0. The zero-order valence-corrected chi connectivity index (χ0v) is 11.1. The lowest BCUT2D eigenvalue weighted by atomic mass is 9.73.